The van der Waals surface area contributed by atoms with Gasteiger partial charge in [0.15, 0.2) is 5.43 Å². The Hall–Kier alpha value is -4.51. The van der Waals surface area contributed by atoms with Crippen LogP contribution in [-0.4, -0.2) is 75.3 Å². The predicted molar refractivity (Wildman–Crippen MR) is 196 cm³/mol. The normalized spacial score (nSPS) is 16.6. The van der Waals surface area contributed by atoms with Crippen molar-refractivity contribution < 1.29 is 13.9 Å². The van der Waals surface area contributed by atoms with Gasteiger partial charge < -0.3 is 24.4 Å². The fourth-order valence-electron chi connectivity index (χ4n) is 6.72. The third-order valence-electron chi connectivity index (χ3n) is 9.50. The number of rotatable bonds is 11. The quantitative estimate of drug-likeness (QED) is 0.184. The molecule has 0 spiro atoms. The highest BCUT2D eigenvalue weighted by atomic mass is 19.1. The van der Waals surface area contributed by atoms with Crippen LogP contribution in [0.5, 0.6) is 0 Å². The molecule has 11 heteroatoms. The minimum Gasteiger partial charge on any atom is -0.444 e. The van der Waals surface area contributed by atoms with Gasteiger partial charge in [-0.1, -0.05) is 0 Å². The van der Waals surface area contributed by atoms with Gasteiger partial charge in [0.25, 0.3) is 0 Å². The Morgan fingerprint density at radius 1 is 1.06 bits per heavy atom. The van der Waals surface area contributed by atoms with Crippen molar-refractivity contribution in [3.63, 3.8) is 0 Å². The van der Waals surface area contributed by atoms with Crippen molar-refractivity contribution in [2.75, 3.05) is 43.4 Å². The van der Waals surface area contributed by atoms with Crippen LogP contribution in [-0.2, 0) is 17.8 Å². The van der Waals surface area contributed by atoms with Crippen LogP contribution in [0.3, 0.4) is 0 Å². The number of fused-ring (bicyclic) bond motifs is 1. The molecule has 1 N–H and O–H groups in total. The lowest BCUT2D eigenvalue weighted by Crippen LogP contribution is -2.48. The number of hydrogen-bond acceptors (Lipinski definition) is 8. The van der Waals surface area contributed by atoms with Crippen LogP contribution < -0.4 is 15.6 Å². The number of pyridine rings is 3. The second-order valence-corrected chi connectivity index (χ2v) is 14.9. The number of likely N-dealkylation sites (N-methyl/N-ethyl adjacent to an activating group) is 1. The lowest BCUT2D eigenvalue weighted by atomic mass is 10.0. The minimum atomic E-state index is -0.598. The number of piperidine rings is 1. The van der Waals surface area contributed by atoms with Crippen LogP contribution in [0.1, 0.15) is 75.0 Å². The fraction of sp³-hybridized carbons (Fsp3) is 0.487. The van der Waals surface area contributed by atoms with E-state index in [0.29, 0.717) is 42.8 Å². The van der Waals surface area contributed by atoms with Gasteiger partial charge in [-0.25, -0.2) is 9.18 Å². The Morgan fingerprint density at radius 3 is 2.56 bits per heavy atom. The smallest absolute Gasteiger partial charge is 0.410 e. The summed E-state index contributed by atoms with van der Waals surface area (Å²) in [6.07, 6.45) is 9.43. The van der Waals surface area contributed by atoms with E-state index in [0.717, 1.165) is 66.9 Å². The lowest BCUT2D eigenvalue weighted by molar-refractivity contribution is 0.0305. The summed E-state index contributed by atoms with van der Waals surface area (Å²) in [4.78, 5) is 41.8. The molecule has 4 aromatic rings. The number of nitrogens with one attached hydrogen (secondary N) is 1. The van der Waals surface area contributed by atoms with Gasteiger partial charge in [0, 0.05) is 93.1 Å². The summed E-state index contributed by atoms with van der Waals surface area (Å²) in [6.45, 7) is 13.0. The van der Waals surface area contributed by atoms with Crippen LogP contribution in [0.15, 0.2) is 59.8 Å². The fourth-order valence-corrected chi connectivity index (χ4v) is 6.72. The maximum atomic E-state index is 15.7. The van der Waals surface area contributed by atoms with Crippen molar-refractivity contribution in [1.29, 1.82) is 0 Å². The van der Waals surface area contributed by atoms with Crippen molar-refractivity contribution in [1.82, 2.24) is 24.3 Å². The largest absolute Gasteiger partial charge is 0.444 e. The topological polar surface area (TPSA) is 95.8 Å². The molecule has 3 aromatic heterocycles. The van der Waals surface area contributed by atoms with E-state index in [-0.39, 0.29) is 17.5 Å². The van der Waals surface area contributed by atoms with Crippen molar-refractivity contribution in [2.24, 2.45) is 0 Å². The molecule has 1 saturated heterocycles. The number of ether oxygens (including phenoxy) is 1. The maximum Gasteiger partial charge on any atom is 0.410 e. The van der Waals surface area contributed by atoms with Crippen molar-refractivity contribution >= 4 is 28.4 Å². The van der Waals surface area contributed by atoms with Gasteiger partial charge in [-0.05, 0) is 102 Å². The van der Waals surface area contributed by atoms with Gasteiger partial charge in [0.2, 0.25) is 0 Å². The molecule has 0 unspecified atom stereocenters. The number of hydrogen-bond donors (Lipinski definition) is 1. The molecular weight excluding hydrogens is 633 g/mol. The minimum absolute atomic E-state index is 0.140. The van der Waals surface area contributed by atoms with Crippen molar-refractivity contribution in [3.8, 4) is 0 Å². The second-order valence-electron chi connectivity index (χ2n) is 14.9. The van der Waals surface area contributed by atoms with E-state index in [2.05, 4.69) is 47.9 Å². The molecule has 1 aliphatic carbocycles. The van der Waals surface area contributed by atoms with Gasteiger partial charge >= 0.3 is 6.09 Å². The number of aryl methyl sites for hydroxylation is 2. The summed E-state index contributed by atoms with van der Waals surface area (Å²) in [5, 5.41) is 3.53. The molecule has 50 heavy (non-hydrogen) atoms. The van der Waals surface area contributed by atoms with Crippen LogP contribution in [0.25, 0.3) is 10.9 Å². The number of halogens is 1. The van der Waals surface area contributed by atoms with E-state index in [9.17, 15) is 9.59 Å². The molecule has 0 bridgehead atoms. The molecule has 4 heterocycles. The Balaban J connectivity index is 1.27. The van der Waals surface area contributed by atoms with Crippen LogP contribution in [0, 0.1) is 19.7 Å². The summed E-state index contributed by atoms with van der Waals surface area (Å²) in [5.41, 5.74) is 5.16. The molecular formula is C39H50FN7O3. The number of nitrogens with zero attached hydrogens (tertiary/aromatic N) is 6. The SMILES string of the molecule is Cc1ccc(N2CCC[C@H](N(Cc3ccnc(C)c3)Cc3cn(C4CC4)c4cc(NCCN(C)C(=O)OC(C)(C)C)c(F)cc4c3=O)C2)cn1. The standard InChI is InChI=1S/C39H50FN7O3/c1-26-9-10-31(21-43-26)45-16-7-8-32(25-45)46(22-28-13-14-41-27(2)18-28)23-29-24-47(30-11-12-30)36-20-35(34(40)19-33(36)37(29)48)42-15-17-44(6)38(49)50-39(3,4)5/h9-10,13-14,18-21,24,30,32,42H,7-8,11-12,15-17,22-23,25H2,1-6H3/t32-/m0/s1. The van der Waals surface area contributed by atoms with Crippen molar-refractivity contribution in [2.45, 2.75) is 91.1 Å². The molecule has 1 aliphatic heterocycles. The first-order valence-electron chi connectivity index (χ1n) is 17.7. The first-order chi connectivity index (χ1) is 23.8. The molecule has 6 rings (SSSR count). The molecule has 1 aromatic carbocycles. The van der Waals surface area contributed by atoms with Gasteiger partial charge in [0.05, 0.1) is 23.1 Å². The van der Waals surface area contributed by atoms with E-state index >= 15 is 4.39 Å². The summed E-state index contributed by atoms with van der Waals surface area (Å²) < 4.78 is 23.2. The lowest BCUT2D eigenvalue weighted by Gasteiger charge is -2.40. The third-order valence-corrected chi connectivity index (χ3v) is 9.50. The summed E-state index contributed by atoms with van der Waals surface area (Å²) >= 11 is 0. The Labute approximate surface area is 294 Å². The third kappa shape index (κ3) is 8.61. The molecule has 1 amide bonds. The van der Waals surface area contributed by atoms with Gasteiger partial charge in [-0.2, -0.15) is 0 Å². The molecule has 0 radical (unpaired) electrons. The van der Waals surface area contributed by atoms with Crippen LogP contribution in [0.2, 0.25) is 0 Å². The summed E-state index contributed by atoms with van der Waals surface area (Å²) in [5.74, 6) is -0.493. The first kappa shape index (κ1) is 35.3. The molecule has 1 saturated carbocycles. The molecule has 1 atom stereocenters. The van der Waals surface area contributed by atoms with E-state index in [1.807, 2.05) is 59.3 Å². The zero-order chi connectivity index (χ0) is 35.6. The highest BCUT2D eigenvalue weighted by Gasteiger charge is 2.30. The molecule has 2 fully saturated rings. The highest BCUT2D eigenvalue weighted by molar-refractivity contribution is 5.84. The number of carbonyl (C=O) groups excluding carboxylic acids is 1. The Bertz CT molecular complexity index is 1880. The zero-order valence-electron chi connectivity index (χ0n) is 30.2. The van der Waals surface area contributed by atoms with E-state index in [4.69, 9.17) is 4.74 Å². The van der Waals surface area contributed by atoms with Crippen LogP contribution >= 0.6 is 0 Å². The van der Waals surface area contributed by atoms with Gasteiger partial charge in [-0.15, -0.1) is 0 Å². The Morgan fingerprint density at radius 2 is 1.86 bits per heavy atom. The van der Waals surface area contributed by atoms with E-state index < -0.39 is 17.5 Å². The zero-order valence-corrected chi connectivity index (χ0v) is 30.2. The van der Waals surface area contributed by atoms with E-state index in [1.54, 1.807) is 13.1 Å². The number of benzene rings is 1. The molecule has 2 aliphatic rings. The monoisotopic (exact) mass is 683 g/mol. The molecule has 266 valence electrons. The maximum absolute atomic E-state index is 15.7. The number of carbonyl (C=O) groups is 1. The average Bonchev–Trinajstić information content (AvgIpc) is 3.91. The predicted octanol–water partition coefficient (Wildman–Crippen LogP) is 6.83. The second kappa shape index (κ2) is 14.8. The number of aromatic nitrogens is 3. The average molecular weight is 684 g/mol. The summed E-state index contributed by atoms with van der Waals surface area (Å²) in [7, 11) is 1.66. The Kier molecular flexibility index (Phi) is 10.4. The number of anilines is 2. The molecule has 10 nitrogen and oxygen atoms in total. The van der Waals surface area contributed by atoms with E-state index in [1.165, 1.54) is 11.0 Å². The highest BCUT2D eigenvalue weighted by Crippen LogP contribution is 2.38. The van der Waals surface area contributed by atoms with Crippen LogP contribution in [0.4, 0.5) is 20.6 Å². The van der Waals surface area contributed by atoms with Crippen molar-refractivity contribution in [3.05, 3.63) is 93.5 Å². The number of amides is 1. The van der Waals surface area contributed by atoms with Gasteiger partial charge in [-0.3, -0.25) is 19.7 Å². The van der Waals surface area contributed by atoms with Gasteiger partial charge in [0.1, 0.15) is 11.4 Å². The first-order valence-corrected chi connectivity index (χ1v) is 17.7. The summed E-state index contributed by atoms with van der Waals surface area (Å²) in [6, 6.07) is 11.9.